The van der Waals surface area contributed by atoms with Crippen molar-refractivity contribution in [2.45, 2.75) is 212 Å². The number of rotatable bonds is 19. The van der Waals surface area contributed by atoms with Crippen molar-refractivity contribution in [3.8, 4) is 0 Å². The number of ketones is 2. The summed E-state index contributed by atoms with van der Waals surface area (Å²) in [6.07, 6.45) is 5.69. The van der Waals surface area contributed by atoms with Crippen LogP contribution in [0.1, 0.15) is 158 Å². The highest BCUT2D eigenvalue weighted by Gasteiger charge is 2.47. The lowest BCUT2D eigenvalue weighted by Crippen LogP contribution is -2.36. The van der Waals surface area contributed by atoms with Crippen LogP contribution in [-0.2, 0) is 81.6 Å². The maximum atomic E-state index is 11.1. The van der Waals surface area contributed by atoms with E-state index in [0.717, 1.165) is 16.9 Å². The predicted molar refractivity (Wildman–Crippen MR) is 303 cm³/mol. The fourth-order valence-electron chi connectivity index (χ4n) is 4.44. The van der Waals surface area contributed by atoms with Crippen LogP contribution in [0.4, 0.5) is 0 Å². The number of nitrogens with one attached hydrogen (secondary N) is 3. The first-order valence-corrected chi connectivity index (χ1v) is 28.4. The largest absolute Gasteiger partial charge is 0.463 e. The Morgan fingerprint density at radius 2 is 1.12 bits per heavy atom. The summed E-state index contributed by atoms with van der Waals surface area (Å²) in [5, 5.41) is 7.07. The van der Waals surface area contributed by atoms with Gasteiger partial charge in [0.1, 0.15) is 11.7 Å². The van der Waals surface area contributed by atoms with Crippen LogP contribution in [0.25, 0.3) is 0 Å². The Hall–Kier alpha value is -5.20. The third-order valence-electron chi connectivity index (χ3n) is 7.91. The molecule has 77 heavy (non-hydrogen) atoms. The van der Waals surface area contributed by atoms with Gasteiger partial charge in [-0.15, -0.1) is 0 Å². The molecule has 0 aromatic carbocycles. The van der Waals surface area contributed by atoms with Crippen LogP contribution < -0.4 is 15.4 Å². The zero-order valence-electron chi connectivity index (χ0n) is 50.1. The molecule has 448 valence electrons. The molecule has 4 amide bonds. The van der Waals surface area contributed by atoms with E-state index >= 15 is 0 Å². The van der Waals surface area contributed by atoms with Crippen LogP contribution in [-0.4, -0.2) is 136 Å². The second-order valence-corrected chi connectivity index (χ2v) is 22.4. The van der Waals surface area contributed by atoms with E-state index in [1.165, 1.54) is 23.1 Å². The van der Waals surface area contributed by atoms with Crippen LogP contribution in [0.5, 0.6) is 0 Å². The zero-order valence-corrected chi connectivity index (χ0v) is 51.7. The number of amides is 4. The molecule has 3 N–H and O–H groups in total. The minimum atomic E-state index is -3.45. The highest BCUT2D eigenvalue weighted by atomic mass is 32.2. The third-order valence-corrected chi connectivity index (χ3v) is 10.2. The molecule has 0 bridgehead atoms. The van der Waals surface area contributed by atoms with Gasteiger partial charge in [0, 0.05) is 72.5 Å². The normalized spacial score (nSPS) is 15.5. The Balaban J connectivity index is -0.000000184. The van der Waals surface area contributed by atoms with Gasteiger partial charge < -0.3 is 29.6 Å². The first-order valence-electron chi connectivity index (χ1n) is 25.4. The van der Waals surface area contributed by atoms with E-state index in [1.807, 2.05) is 96.9 Å². The number of epoxide rings is 2. The zero-order chi connectivity index (χ0) is 62.2. The molecule has 0 aromatic rings. The van der Waals surface area contributed by atoms with E-state index in [4.69, 9.17) is 14.2 Å². The number of carbonyl (C=O) groups is 8. The number of sulfonamides is 1. The lowest BCUT2D eigenvalue weighted by Gasteiger charge is -2.17. The minimum absolute atomic E-state index is 0.0300. The van der Waals surface area contributed by atoms with Crippen LogP contribution in [0.2, 0.25) is 0 Å². The second-order valence-electron chi connectivity index (χ2n) is 19.2. The van der Waals surface area contributed by atoms with Gasteiger partial charge in [-0.05, 0) is 110 Å². The summed E-state index contributed by atoms with van der Waals surface area (Å²) in [7, 11) is -6.66. The SMILES string of the molecule is C=CC(=O)NC(C)C.C=CC(=O)OC(C)C.C=CS(=O)(=O)NC(C)C.C=CS(=O)(=O)OC(C)C.CC(C)C(=O)C1(C)CO1.CC(C)C(=O)C1CO1.CC(C)N1C(=O)C=CC1=O.CCC(=O)NC(C)C.CCC(=O)OC(C)C. The smallest absolute Gasteiger partial charge is 0.330 e. The van der Waals surface area contributed by atoms with Gasteiger partial charge in [0.15, 0.2) is 11.6 Å². The van der Waals surface area contributed by atoms with Crippen molar-refractivity contribution >= 4 is 67.3 Å². The van der Waals surface area contributed by atoms with Gasteiger partial charge >= 0.3 is 11.9 Å². The summed E-state index contributed by atoms with van der Waals surface area (Å²) >= 11 is 0. The van der Waals surface area contributed by atoms with Gasteiger partial charge in [-0.3, -0.25) is 42.6 Å². The minimum Gasteiger partial charge on any atom is -0.463 e. The molecule has 3 heterocycles. The maximum Gasteiger partial charge on any atom is 0.330 e. The highest BCUT2D eigenvalue weighted by Crippen LogP contribution is 2.29. The molecule has 21 nitrogen and oxygen atoms in total. The van der Waals surface area contributed by atoms with Crippen molar-refractivity contribution in [1.29, 1.82) is 0 Å². The third kappa shape index (κ3) is 55.4. The summed E-state index contributed by atoms with van der Waals surface area (Å²) in [6, 6.07) is 0.394. The fourth-order valence-corrected chi connectivity index (χ4v) is 5.81. The van der Waals surface area contributed by atoms with Crippen molar-refractivity contribution in [1.82, 2.24) is 20.3 Å². The summed E-state index contributed by atoms with van der Waals surface area (Å²) in [5.74, 6) is -0.174. The van der Waals surface area contributed by atoms with Crippen molar-refractivity contribution in [3.63, 3.8) is 0 Å². The van der Waals surface area contributed by atoms with Gasteiger partial charge in [0.25, 0.3) is 21.9 Å². The van der Waals surface area contributed by atoms with Crippen LogP contribution in [0.15, 0.2) is 61.4 Å². The molecular formula is C54H98N4O17S2. The Morgan fingerprint density at radius 3 is 1.25 bits per heavy atom. The highest BCUT2D eigenvalue weighted by molar-refractivity contribution is 7.92. The number of imide groups is 1. The monoisotopic (exact) mass is 1140 g/mol. The van der Waals surface area contributed by atoms with Crippen LogP contribution >= 0.6 is 0 Å². The number of Topliss-reactive ketones (excluding diaryl/α,β-unsaturated/α-hetero) is 2. The Labute approximate surface area is 463 Å². The molecule has 0 aromatic heterocycles. The topological polar surface area (TPSA) is 297 Å². The average Bonchev–Trinajstić information content (AvgIpc) is 4.24. The van der Waals surface area contributed by atoms with Gasteiger partial charge in [-0.25, -0.2) is 17.9 Å². The summed E-state index contributed by atoms with van der Waals surface area (Å²) in [6.45, 7) is 52.4. The molecule has 0 radical (unpaired) electrons. The van der Waals surface area contributed by atoms with Crippen molar-refractivity contribution in [3.05, 3.63) is 61.4 Å². The number of ether oxygens (including phenoxy) is 4. The number of hydrogen-bond donors (Lipinski definition) is 3. The van der Waals surface area contributed by atoms with Gasteiger partial charge in [0.2, 0.25) is 21.8 Å². The molecule has 3 aliphatic rings. The molecule has 23 heteroatoms. The first-order chi connectivity index (χ1) is 35.0. The first kappa shape index (κ1) is 83.1. The standard InChI is InChI=1S/C7H9NO2.C7H12O2.C6H13NO.C6H11NO.C6H10O2.C6H12O2.C6H10O2.C5H11NO2S.C5H10O3S/c1-5(2)8-6(9)3-4-7(8)10;1-5(2)6(8)7(3)4-9-7;2*1-4-6(8)7-5(2)3;1-4(2)6(7)5-3-8-5;2*1-4-6(7)8-5(2)3;1-4-9(7,8)6-5(2)3;1-4-9(6,7)8-5(2)3/h3-5H,1-2H3;5H,4H2,1-3H3;5H,4H2,1-3H3,(H,7,8);4-5H,1H2,2-3H3,(H,7,8);4-5H,3H2,1-2H3;5H,4H2,1-3H3;4-5H,1H2,2-3H3;4-6H,1H2,2-3H3;4-5H,1H2,2-3H3. The van der Waals surface area contributed by atoms with E-state index in [1.54, 1.807) is 48.5 Å². The molecule has 2 fully saturated rings. The lowest BCUT2D eigenvalue weighted by atomic mass is 9.98. The van der Waals surface area contributed by atoms with Gasteiger partial charge in [0.05, 0.1) is 36.9 Å². The van der Waals surface area contributed by atoms with Crippen LogP contribution in [0, 0.1) is 11.8 Å². The molecule has 2 unspecified atom stereocenters. The summed E-state index contributed by atoms with van der Waals surface area (Å²) in [4.78, 5) is 86.4. The molecule has 0 aliphatic carbocycles. The predicted octanol–water partition coefficient (Wildman–Crippen LogP) is 7.36. The fraction of sp³-hybridized carbons (Fsp3) is 0.667. The van der Waals surface area contributed by atoms with E-state index in [-0.39, 0.29) is 108 Å². The average molecular weight is 1140 g/mol. The van der Waals surface area contributed by atoms with Gasteiger partial charge in [-0.1, -0.05) is 67.9 Å². The number of nitrogens with zero attached hydrogens (tertiary/aromatic N) is 1. The molecule has 2 saturated heterocycles. The van der Waals surface area contributed by atoms with Crippen molar-refractivity contribution in [2.75, 3.05) is 13.2 Å². The number of hydrogen-bond acceptors (Lipinski definition) is 17. The summed E-state index contributed by atoms with van der Waals surface area (Å²) < 4.78 is 68.0. The second kappa shape index (κ2) is 44.7. The van der Waals surface area contributed by atoms with Gasteiger partial charge in [-0.2, -0.15) is 8.42 Å². The van der Waals surface area contributed by atoms with E-state index in [0.29, 0.717) is 26.1 Å². The summed E-state index contributed by atoms with van der Waals surface area (Å²) in [5.41, 5.74) is -0.409. The quantitative estimate of drug-likeness (QED) is 0.0374. The Morgan fingerprint density at radius 1 is 0.675 bits per heavy atom. The molecule has 3 rings (SSSR count). The lowest BCUT2D eigenvalue weighted by molar-refractivity contribution is -0.147. The number of esters is 2. The molecular weight excluding hydrogens is 1040 g/mol. The van der Waals surface area contributed by atoms with E-state index in [9.17, 15) is 55.2 Å². The van der Waals surface area contributed by atoms with Crippen LogP contribution in [0.3, 0.4) is 0 Å². The molecule has 0 saturated carbocycles. The Kier molecular flexibility index (Phi) is 48.3. The van der Waals surface area contributed by atoms with Crippen molar-refractivity contribution < 1.29 is 78.3 Å². The van der Waals surface area contributed by atoms with E-state index in [2.05, 4.69) is 50.6 Å². The van der Waals surface area contributed by atoms with E-state index < -0.39 is 25.7 Å². The maximum absolute atomic E-state index is 11.1. The molecule has 2 atom stereocenters. The number of carbonyl (C=O) groups excluding carboxylic acids is 8. The Bertz CT molecular complexity index is 1950. The molecule has 0 spiro atoms. The molecule has 3 aliphatic heterocycles. The van der Waals surface area contributed by atoms with Crippen molar-refractivity contribution in [2.24, 2.45) is 11.8 Å².